The molecule has 6 aromatic carbocycles. The molecule has 2 heteroatoms. The van der Waals surface area contributed by atoms with Crippen molar-refractivity contribution >= 4 is 47.3 Å². The molecule has 0 heterocycles. The van der Waals surface area contributed by atoms with E-state index in [2.05, 4.69) is 193 Å². The molecule has 0 bridgehead atoms. The third-order valence-corrected chi connectivity index (χ3v) is 16.1. The van der Waals surface area contributed by atoms with Crippen LogP contribution in [0.2, 0.25) is 0 Å². The first-order chi connectivity index (χ1) is 19.8. The third-order valence-electron chi connectivity index (χ3n) is 7.68. The Labute approximate surface area is 239 Å². The maximum absolute atomic E-state index is 4.17. The van der Waals surface area contributed by atoms with Crippen molar-refractivity contribution in [1.82, 2.24) is 0 Å². The van der Waals surface area contributed by atoms with Crippen LogP contribution in [0.4, 0.5) is 0 Å². The smallest absolute Gasteiger partial charge is 0.120 e. The monoisotopic (exact) mass is 542 g/mol. The van der Waals surface area contributed by atoms with Gasteiger partial charge in [-0.3, -0.25) is 0 Å². The molecular formula is C38H30Si2. The van der Waals surface area contributed by atoms with Crippen molar-refractivity contribution in [2.45, 2.75) is 0 Å². The molecular weight excluding hydrogens is 513 g/mol. The van der Waals surface area contributed by atoms with Gasteiger partial charge in [-0.05, 0) is 31.1 Å². The largest absolute Gasteiger partial charge is 0.228 e. The van der Waals surface area contributed by atoms with E-state index in [0.29, 0.717) is 0 Å². The lowest BCUT2D eigenvalue weighted by molar-refractivity contribution is 1.69. The molecule has 0 atom stereocenters. The molecule has 0 saturated heterocycles. The Hall–Kier alpha value is -4.69. The van der Waals surface area contributed by atoms with Crippen molar-refractivity contribution in [3.05, 3.63) is 182 Å². The molecule has 190 valence electrons. The first-order valence-corrected chi connectivity index (χ1v) is 17.7. The van der Waals surface area contributed by atoms with E-state index in [4.69, 9.17) is 0 Å². The maximum Gasteiger partial charge on any atom is 0.228 e. The Morgan fingerprint density at radius 2 is 0.375 bits per heavy atom. The lowest BCUT2D eigenvalue weighted by atomic mass is 10.3. The van der Waals surface area contributed by atoms with Crippen LogP contribution in [0.5, 0.6) is 0 Å². The number of benzene rings is 6. The van der Waals surface area contributed by atoms with E-state index in [9.17, 15) is 0 Å². The summed E-state index contributed by atoms with van der Waals surface area (Å²) >= 11 is 0. The topological polar surface area (TPSA) is 0 Å². The molecule has 0 radical (unpaired) electrons. The Morgan fingerprint density at radius 1 is 0.225 bits per heavy atom. The molecule has 0 unspecified atom stereocenters. The molecule has 0 fully saturated rings. The zero-order chi connectivity index (χ0) is 27.1. The second-order valence-electron chi connectivity index (χ2n) is 9.95. The first-order valence-electron chi connectivity index (χ1n) is 13.7. The van der Waals surface area contributed by atoms with Gasteiger partial charge in [0.1, 0.15) is 0 Å². The predicted molar refractivity (Wildman–Crippen MR) is 176 cm³/mol. The lowest BCUT2D eigenvalue weighted by Crippen LogP contribution is -2.69. The summed E-state index contributed by atoms with van der Waals surface area (Å²) in [6.45, 7) is 0. The van der Waals surface area contributed by atoms with Crippen molar-refractivity contribution in [3.8, 4) is 11.1 Å². The highest BCUT2D eigenvalue weighted by molar-refractivity contribution is 7.20. The van der Waals surface area contributed by atoms with Gasteiger partial charge in [0.15, 0.2) is 0 Å². The normalized spacial score (nSPS) is 11.3. The van der Waals surface area contributed by atoms with E-state index in [-0.39, 0.29) is 0 Å². The summed E-state index contributed by atoms with van der Waals surface area (Å²) in [4.78, 5) is 0. The molecule has 0 nitrogen and oxygen atoms in total. The second kappa shape index (κ2) is 11.6. The molecule has 0 aromatic heterocycles. The Bertz CT molecular complexity index is 1380. The fraction of sp³-hybridized carbons (Fsp3) is 0. The molecule has 0 saturated carbocycles. The van der Waals surface area contributed by atoms with Gasteiger partial charge in [0.25, 0.3) is 0 Å². The van der Waals surface area contributed by atoms with Crippen LogP contribution in [-0.4, -0.2) is 16.1 Å². The maximum atomic E-state index is 4.17. The van der Waals surface area contributed by atoms with Crippen LogP contribution in [0.25, 0.3) is 0 Å². The summed E-state index contributed by atoms with van der Waals surface area (Å²) in [5.74, 6) is 0. The summed E-state index contributed by atoms with van der Waals surface area (Å²) in [6, 6.07) is 65.8. The van der Waals surface area contributed by atoms with Gasteiger partial charge >= 0.3 is 0 Å². The molecule has 0 amide bonds. The number of hydrogen-bond donors (Lipinski definition) is 0. The van der Waals surface area contributed by atoms with E-state index in [1.807, 2.05) is 0 Å². The summed E-state index contributed by atoms with van der Waals surface area (Å²) in [7, 11) is -5.52. The minimum absolute atomic E-state index is 1.30. The zero-order valence-corrected chi connectivity index (χ0v) is 24.3. The van der Waals surface area contributed by atoms with E-state index in [1.54, 1.807) is 0 Å². The highest BCUT2D eigenvalue weighted by Gasteiger charge is 2.42. The molecule has 40 heavy (non-hydrogen) atoms. The Morgan fingerprint density at radius 3 is 0.525 bits per heavy atom. The molecule has 0 aliphatic heterocycles. The van der Waals surface area contributed by atoms with Crippen LogP contribution in [0.1, 0.15) is 0 Å². The Balaban J connectivity index is 1.75. The Kier molecular flexibility index (Phi) is 7.42. The average molecular weight is 543 g/mol. The van der Waals surface area contributed by atoms with Crippen LogP contribution >= 0.6 is 0 Å². The van der Waals surface area contributed by atoms with Gasteiger partial charge in [-0.1, -0.05) is 182 Å². The van der Waals surface area contributed by atoms with E-state index < -0.39 is 16.1 Å². The van der Waals surface area contributed by atoms with Crippen molar-refractivity contribution in [2.75, 3.05) is 0 Å². The molecule has 6 aromatic rings. The molecule has 0 aliphatic rings. The van der Waals surface area contributed by atoms with E-state index >= 15 is 0 Å². The van der Waals surface area contributed by atoms with E-state index in [0.717, 1.165) is 0 Å². The van der Waals surface area contributed by atoms with Gasteiger partial charge in [0, 0.05) is 0 Å². The van der Waals surface area contributed by atoms with Gasteiger partial charge in [-0.2, -0.15) is 0 Å². The standard InChI is InChI=1S/C38H30Si2/c1-7-19-33(20-8-1)39(34-21-9-2-10-22-34,35-23-11-3-12-24-35)31-32-40(36-25-13-4-14-26-36,37-27-15-5-16-28-37)38-29-17-6-18-30-38/h1-30H. The fourth-order valence-corrected chi connectivity index (χ4v) is 14.3. The predicted octanol–water partition coefficient (Wildman–Crippen LogP) is 4.41. The van der Waals surface area contributed by atoms with Crippen LogP contribution in [0.15, 0.2) is 182 Å². The van der Waals surface area contributed by atoms with Crippen molar-refractivity contribution in [1.29, 1.82) is 0 Å². The van der Waals surface area contributed by atoms with Gasteiger partial charge in [-0.25, -0.2) is 0 Å². The highest BCUT2D eigenvalue weighted by atomic mass is 28.3. The van der Waals surface area contributed by atoms with Gasteiger partial charge in [0.05, 0.1) is 0 Å². The van der Waals surface area contributed by atoms with Crippen molar-refractivity contribution in [2.24, 2.45) is 0 Å². The second-order valence-corrected chi connectivity index (χ2v) is 16.9. The molecule has 0 aliphatic carbocycles. The number of rotatable bonds is 6. The van der Waals surface area contributed by atoms with Crippen molar-refractivity contribution in [3.63, 3.8) is 0 Å². The minimum Gasteiger partial charge on any atom is -0.120 e. The molecule has 0 N–H and O–H groups in total. The van der Waals surface area contributed by atoms with Crippen LogP contribution in [0.3, 0.4) is 0 Å². The fourth-order valence-electron chi connectivity index (χ4n) is 5.75. The average Bonchev–Trinajstić information content (AvgIpc) is 3.06. The van der Waals surface area contributed by atoms with Crippen LogP contribution in [0, 0.1) is 11.1 Å². The summed E-state index contributed by atoms with van der Waals surface area (Å²) < 4.78 is 0. The minimum atomic E-state index is -2.76. The number of hydrogen-bond acceptors (Lipinski definition) is 0. The SMILES string of the molecule is C(#C[Si](c1ccccc1)(c1ccccc1)c1ccccc1)[Si](c1ccccc1)(c1ccccc1)c1ccccc1. The quantitative estimate of drug-likeness (QED) is 0.166. The zero-order valence-electron chi connectivity index (χ0n) is 22.3. The van der Waals surface area contributed by atoms with Crippen LogP contribution < -0.4 is 31.1 Å². The van der Waals surface area contributed by atoms with E-state index in [1.165, 1.54) is 31.1 Å². The summed E-state index contributed by atoms with van der Waals surface area (Å²) in [5.41, 5.74) is 8.34. The molecule has 0 spiro atoms. The lowest BCUT2D eigenvalue weighted by Gasteiger charge is -2.31. The van der Waals surface area contributed by atoms with Gasteiger partial charge < -0.3 is 0 Å². The summed E-state index contributed by atoms with van der Waals surface area (Å²) in [6.07, 6.45) is 0. The van der Waals surface area contributed by atoms with Crippen LogP contribution in [-0.2, 0) is 0 Å². The van der Waals surface area contributed by atoms with Crippen molar-refractivity contribution < 1.29 is 0 Å². The van der Waals surface area contributed by atoms with Gasteiger partial charge in [-0.15, -0.1) is 11.1 Å². The highest BCUT2D eigenvalue weighted by Crippen LogP contribution is 2.11. The third kappa shape index (κ3) is 4.67. The summed E-state index contributed by atoms with van der Waals surface area (Å²) in [5, 5.41) is 7.82. The first kappa shape index (κ1) is 25.6. The molecule has 6 rings (SSSR count). The van der Waals surface area contributed by atoms with Gasteiger partial charge in [0.2, 0.25) is 16.1 Å².